The molecule has 1 amide bonds. The van der Waals surface area contributed by atoms with E-state index >= 15 is 0 Å². The highest BCUT2D eigenvalue weighted by molar-refractivity contribution is 5.75. The van der Waals surface area contributed by atoms with Crippen LogP contribution in [0.15, 0.2) is 18.2 Å². The van der Waals surface area contributed by atoms with Crippen LogP contribution in [0.3, 0.4) is 0 Å². The van der Waals surface area contributed by atoms with E-state index in [1.165, 1.54) is 11.1 Å². The standard InChI is InChI=1S/C13H17NO2/c1-2-13(15)14-7-5-10-3-4-12-11(9-10)6-8-16-12/h3-4,9H,2,5-8H2,1H3,(H,14,15). The summed E-state index contributed by atoms with van der Waals surface area (Å²) in [7, 11) is 0. The van der Waals surface area contributed by atoms with Gasteiger partial charge in [0, 0.05) is 19.4 Å². The van der Waals surface area contributed by atoms with Crippen molar-refractivity contribution >= 4 is 5.91 Å². The van der Waals surface area contributed by atoms with Gasteiger partial charge in [-0.05, 0) is 23.6 Å². The maximum absolute atomic E-state index is 11.1. The average molecular weight is 219 g/mol. The molecule has 0 atom stereocenters. The van der Waals surface area contributed by atoms with Gasteiger partial charge in [0.2, 0.25) is 5.91 Å². The molecule has 0 radical (unpaired) electrons. The number of fused-ring (bicyclic) bond motifs is 1. The second-order valence-corrected chi connectivity index (χ2v) is 3.99. The zero-order valence-corrected chi connectivity index (χ0v) is 9.58. The van der Waals surface area contributed by atoms with Crippen LogP contribution in [-0.4, -0.2) is 19.1 Å². The largest absolute Gasteiger partial charge is 0.493 e. The van der Waals surface area contributed by atoms with E-state index in [-0.39, 0.29) is 5.91 Å². The Morgan fingerprint density at radius 3 is 3.19 bits per heavy atom. The minimum atomic E-state index is 0.115. The molecular weight excluding hydrogens is 202 g/mol. The molecule has 0 aliphatic carbocycles. The van der Waals surface area contributed by atoms with Crippen molar-refractivity contribution in [3.8, 4) is 5.75 Å². The van der Waals surface area contributed by atoms with Crippen LogP contribution in [0.5, 0.6) is 5.75 Å². The zero-order valence-electron chi connectivity index (χ0n) is 9.58. The normalized spacial score (nSPS) is 13.1. The molecule has 1 aliphatic heterocycles. The lowest BCUT2D eigenvalue weighted by Crippen LogP contribution is -2.24. The fourth-order valence-electron chi connectivity index (χ4n) is 1.87. The predicted molar refractivity (Wildman–Crippen MR) is 62.6 cm³/mol. The van der Waals surface area contributed by atoms with Crippen LogP contribution >= 0.6 is 0 Å². The molecule has 0 unspecified atom stereocenters. The Balaban J connectivity index is 1.88. The molecule has 0 saturated carbocycles. The first-order valence-corrected chi connectivity index (χ1v) is 5.81. The second-order valence-electron chi connectivity index (χ2n) is 3.99. The highest BCUT2D eigenvalue weighted by atomic mass is 16.5. The molecule has 0 fully saturated rings. The van der Waals surface area contributed by atoms with Gasteiger partial charge in [0.25, 0.3) is 0 Å². The lowest BCUT2D eigenvalue weighted by atomic mass is 10.1. The Morgan fingerprint density at radius 1 is 1.50 bits per heavy atom. The van der Waals surface area contributed by atoms with Gasteiger partial charge in [-0.25, -0.2) is 0 Å². The minimum Gasteiger partial charge on any atom is -0.493 e. The number of amides is 1. The van der Waals surface area contributed by atoms with Crippen molar-refractivity contribution in [3.63, 3.8) is 0 Å². The molecule has 86 valence electrons. The van der Waals surface area contributed by atoms with Crippen molar-refractivity contribution in [2.45, 2.75) is 26.2 Å². The van der Waals surface area contributed by atoms with E-state index in [9.17, 15) is 4.79 Å². The van der Waals surface area contributed by atoms with Crippen LogP contribution in [0.1, 0.15) is 24.5 Å². The Morgan fingerprint density at radius 2 is 2.38 bits per heavy atom. The molecule has 0 aromatic heterocycles. The van der Waals surface area contributed by atoms with Crippen molar-refractivity contribution < 1.29 is 9.53 Å². The van der Waals surface area contributed by atoms with Crippen LogP contribution in [0.25, 0.3) is 0 Å². The Hall–Kier alpha value is -1.51. The average Bonchev–Trinajstić information content (AvgIpc) is 2.76. The van der Waals surface area contributed by atoms with Crippen molar-refractivity contribution in [2.75, 3.05) is 13.2 Å². The molecule has 0 spiro atoms. The van der Waals surface area contributed by atoms with E-state index < -0.39 is 0 Å². The quantitative estimate of drug-likeness (QED) is 0.837. The fourth-order valence-corrected chi connectivity index (χ4v) is 1.87. The topological polar surface area (TPSA) is 38.3 Å². The smallest absolute Gasteiger partial charge is 0.219 e. The van der Waals surface area contributed by atoms with Gasteiger partial charge in [-0.3, -0.25) is 4.79 Å². The highest BCUT2D eigenvalue weighted by Crippen LogP contribution is 2.25. The number of ether oxygens (including phenoxy) is 1. The number of carbonyl (C=O) groups excluding carboxylic acids is 1. The molecule has 3 nitrogen and oxygen atoms in total. The van der Waals surface area contributed by atoms with Crippen LogP contribution in [0.2, 0.25) is 0 Å². The molecule has 2 rings (SSSR count). The van der Waals surface area contributed by atoms with Gasteiger partial charge in [-0.2, -0.15) is 0 Å². The molecule has 0 saturated heterocycles. The molecule has 1 aromatic rings. The van der Waals surface area contributed by atoms with Crippen molar-refractivity contribution in [3.05, 3.63) is 29.3 Å². The molecule has 1 aromatic carbocycles. The van der Waals surface area contributed by atoms with E-state index in [0.717, 1.165) is 25.2 Å². The highest BCUT2D eigenvalue weighted by Gasteiger charge is 2.11. The lowest BCUT2D eigenvalue weighted by molar-refractivity contribution is -0.120. The first kappa shape index (κ1) is 11.0. The first-order chi connectivity index (χ1) is 7.79. The first-order valence-electron chi connectivity index (χ1n) is 5.81. The number of carbonyl (C=O) groups is 1. The second kappa shape index (κ2) is 5.01. The summed E-state index contributed by atoms with van der Waals surface area (Å²) in [5.41, 5.74) is 2.56. The van der Waals surface area contributed by atoms with Crippen LogP contribution < -0.4 is 10.1 Å². The van der Waals surface area contributed by atoms with E-state index in [1.807, 2.05) is 13.0 Å². The van der Waals surface area contributed by atoms with E-state index in [2.05, 4.69) is 17.4 Å². The molecule has 1 heterocycles. The number of nitrogens with one attached hydrogen (secondary N) is 1. The van der Waals surface area contributed by atoms with Crippen LogP contribution in [-0.2, 0) is 17.6 Å². The summed E-state index contributed by atoms with van der Waals surface area (Å²) in [6.45, 7) is 3.37. The molecule has 3 heteroatoms. The fraction of sp³-hybridized carbons (Fsp3) is 0.462. The number of hydrogen-bond donors (Lipinski definition) is 1. The summed E-state index contributed by atoms with van der Waals surface area (Å²) in [5.74, 6) is 1.13. The van der Waals surface area contributed by atoms with Gasteiger partial charge in [0.1, 0.15) is 5.75 Å². The summed E-state index contributed by atoms with van der Waals surface area (Å²) < 4.78 is 5.44. The predicted octanol–water partition coefficient (Wildman–Crippen LogP) is 1.69. The Labute approximate surface area is 95.8 Å². The lowest BCUT2D eigenvalue weighted by Gasteiger charge is -2.05. The zero-order chi connectivity index (χ0) is 11.4. The third-order valence-electron chi connectivity index (χ3n) is 2.81. The molecule has 16 heavy (non-hydrogen) atoms. The SMILES string of the molecule is CCC(=O)NCCc1ccc2c(c1)CCO2. The summed E-state index contributed by atoms with van der Waals surface area (Å²) in [4.78, 5) is 11.1. The Kier molecular flexibility index (Phi) is 3.44. The maximum Gasteiger partial charge on any atom is 0.219 e. The summed E-state index contributed by atoms with van der Waals surface area (Å²) in [5, 5.41) is 2.88. The van der Waals surface area contributed by atoms with Gasteiger partial charge in [0.15, 0.2) is 0 Å². The third kappa shape index (κ3) is 2.54. The van der Waals surface area contributed by atoms with Gasteiger partial charge in [-0.1, -0.05) is 19.1 Å². The van der Waals surface area contributed by atoms with Gasteiger partial charge in [-0.15, -0.1) is 0 Å². The summed E-state index contributed by atoms with van der Waals surface area (Å²) in [6, 6.07) is 6.28. The summed E-state index contributed by atoms with van der Waals surface area (Å²) >= 11 is 0. The third-order valence-corrected chi connectivity index (χ3v) is 2.81. The summed E-state index contributed by atoms with van der Waals surface area (Å²) in [6.07, 6.45) is 2.45. The number of benzene rings is 1. The maximum atomic E-state index is 11.1. The Bertz CT molecular complexity index is 388. The molecular formula is C13H17NO2. The number of hydrogen-bond acceptors (Lipinski definition) is 2. The van der Waals surface area contributed by atoms with Crippen LogP contribution in [0, 0.1) is 0 Å². The minimum absolute atomic E-state index is 0.115. The van der Waals surface area contributed by atoms with Crippen molar-refractivity contribution in [1.82, 2.24) is 5.32 Å². The monoisotopic (exact) mass is 219 g/mol. The van der Waals surface area contributed by atoms with E-state index in [1.54, 1.807) is 0 Å². The van der Waals surface area contributed by atoms with Gasteiger partial charge >= 0.3 is 0 Å². The van der Waals surface area contributed by atoms with Crippen LogP contribution in [0.4, 0.5) is 0 Å². The van der Waals surface area contributed by atoms with Gasteiger partial charge < -0.3 is 10.1 Å². The van der Waals surface area contributed by atoms with E-state index in [4.69, 9.17) is 4.74 Å². The molecule has 1 aliphatic rings. The van der Waals surface area contributed by atoms with Crippen molar-refractivity contribution in [2.24, 2.45) is 0 Å². The molecule has 1 N–H and O–H groups in total. The van der Waals surface area contributed by atoms with Crippen molar-refractivity contribution in [1.29, 1.82) is 0 Å². The van der Waals surface area contributed by atoms with Gasteiger partial charge in [0.05, 0.1) is 6.61 Å². The molecule has 0 bridgehead atoms. The number of rotatable bonds is 4. The van der Waals surface area contributed by atoms with E-state index in [0.29, 0.717) is 13.0 Å².